The van der Waals surface area contributed by atoms with Crippen molar-refractivity contribution in [2.24, 2.45) is 5.92 Å². The summed E-state index contributed by atoms with van der Waals surface area (Å²) in [4.78, 5) is 11.5. The second kappa shape index (κ2) is 10.5. The summed E-state index contributed by atoms with van der Waals surface area (Å²) in [6.45, 7) is 2.30. The van der Waals surface area contributed by atoms with Crippen LogP contribution in [0.25, 0.3) is 0 Å². The van der Waals surface area contributed by atoms with Crippen molar-refractivity contribution < 1.29 is 9.53 Å². The van der Waals surface area contributed by atoms with E-state index in [9.17, 15) is 4.79 Å². The number of ether oxygens (including phenoxy) is 1. The van der Waals surface area contributed by atoms with Gasteiger partial charge in [-0.15, -0.1) is 0 Å². The summed E-state index contributed by atoms with van der Waals surface area (Å²) >= 11 is 5.56. The van der Waals surface area contributed by atoms with E-state index in [-0.39, 0.29) is 0 Å². The highest BCUT2D eigenvalue weighted by molar-refractivity contribution is 7.80. The molecule has 0 bridgehead atoms. The van der Waals surface area contributed by atoms with Crippen molar-refractivity contribution in [2.75, 3.05) is 0 Å². The number of hydrogen-bond donors (Lipinski definition) is 0. The van der Waals surface area contributed by atoms with Crippen molar-refractivity contribution in [3.05, 3.63) is 65.2 Å². The molecule has 0 amide bonds. The third-order valence-electron chi connectivity index (χ3n) is 7.27. The van der Waals surface area contributed by atoms with Crippen LogP contribution in [0.2, 0.25) is 0 Å². The van der Waals surface area contributed by atoms with Crippen LogP contribution in [0, 0.1) is 5.92 Å². The Balaban J connectivity index is 1.31. The van der Waals surface area contributed by atoms with E-state index in [0.29, 0.717) is 35.5 Å². The van der Waals surface area contributed by atoms with Crippen molar-refractivity contribution >= 4 is 23.1 Å². The Labute approximate surface area is 192 Å². The smallest absolute Gasteiger partial charge is 0.198 e. The normalized spacial score (nSPS) is 22.3. The summed E-state index contributed by atoms with van der Waals surface area (Å²) in [5.74, 6) is 3.30. The number of thiocarbonyl (C=S) groups is 1. The zero-order valence-corrected chi connectivity index (χ0v) is 19.5. The molecule has 31 heavy (non-hydrogen) atoms. The molecular formula is C28H34O2S. The lowest BCUT2D eigenvalue weighted by Gasteiger charge is -2.28. The van der Waals surface area contributed by atoms with Gasteiger partial charge in [0.15, 0.2) is 5.05 Å². The van der Waals surface area contributed by atoms with E-state index in [1.165, 1.54) is 49.7 Å². The lowest BCUT2D eigenvalue weighted by atomic mass is 9.77. The minimum absolute atomic E-state index is 0.400. The monoisotopic (exact) mass is 434 g/mol. The zero-order valence-electron chi connectivity index (χ0n) is 18.6. The second-order valence-electron chi connectivity index (χ2n) is 9.40. The Morgan fingerprint density at radius 3 is 1.97 bits per heavy atom. The fourth-order valence-corrected chi connectivity index (χ4v) is 5.56. The van der Waals surface area contributed by atoms with E-state index in [1.54, 1.807) is 0 Å². The number of benzene rings is 2. The quantitative estimate of drug-likeness (QED) is 0.435. The summed E-state index contributed by atoms with van der Waals surface area (Å²) in [6.07, 6.45) is 11.4. The predicted octanol–water partition coefficient (Wildman–Crippen LogP) is 7.74. The van der Waals surface area contributed by atoms with Gasteiger partial charge in [0.2, 0.25) is 0 Å². The van der Waals surface area contributed by atoms with E-state index in [1.807, 2.05) is 12.1 Å². The van der Waals surface area contributed by atoms with Crippen LogP contribution in [0.3, 0.4) is 0 Å². The first-order valence-corrected chi connectivity index (χ1v) is 12.5. The summed E-state index contributed by atoms with van der Waals surface area (Å²) in [7, 11) is 0. The van der Waals surface area contributed by atoms with Crippen LogP contribution in [0.4, 0.5) is 0 Å². The summed E-state index contributed by atoms with van der Waals surface area (Å²) < 4.78 is 5.96. The van der Waals surface area contributed by atoms with Crippen molar-refractivity contribution in [1.82, 2.24) is 0 Å². The molecule has 2 aromatic carbocycles. The fraction of sp³-hybridized carbons (Fsp3) is 0.500. The molecule has 2 aromatic rings. The molecule has 0 unspecified atom stereocenters. The number of carbonyl (C=O) groups is 1. The third kappa shape index (κ3) is 5.83. The molecule has 0 aromatic heterocycles. The average molecular weight is 435 g/mol. The molecule has 0 N–H and O–H groups in total. The van der Waals surface area contributed by atoms with Crippen LogP contribution >= 0.6 is 12.2 Å². The Kier molecular flexibility index (Phi) is 7.55. The largest absolute Gasteiger partial charge is 0.445 e. The van der Waals surface area contributed by atoms with Gasteiger partial charge in [-0.25, -0.2) is 0 Å². The van der Waals surface area contributed by atoms with Crippen LogP contribution in [0.1, 0.15) is 99.7 Å². The number of carbonyl (C=O) groups excluding carboxylic acids is 1. The van der Waals surface area contributed by atoms with E-state index < -0.39 is 0 Å². The van der Waals surface area contributed by atoms with Crippen LogP contribution < -0.4 is 4.74 Å². The zero-order chi connectivity index (χ0) is 21.6. The van der Waals surface area contributed by atoms with Crippen LogP contribution in [0.15, 0.2) is 48.5 Å². The Morgan fingerprint density at radius 2 is 1.39 bits per heavy atom. The van der Waals surface area contributed by atoms with Gasteiger partial charge in [-0.2, -0.15) is 0 Å². The number of ketones is 1. The maximum atomic E-state index is 11.5. The fourth-order valence-electron chi connectivity index (χ4n) is 5.33. The molecule has 2 nitrogen and oxygen atoms in total. The lowest BCUT2D eigenvalue weighted by molar-refractivity contribution is -0.120. The predicted molar refractivity (Wildman–Crippen MR) is 131 cm³/mol. The molecule has 0 heterocycles. The third-order valence-corrected chi connectivity index (χ3v) is 7.59. The van der Waals surface area contributed by atoms with Gasteiger partial charge in [0.05, 0.1) is 0 Å². The molecule has 0 atom stereocenters. The van der Waals surface area contributed by atoms with Gasteiger partial charge in [-0.05, 0) is 91.8 Å². The molecule has 164 valence electrons. The van der Waals surface area contributed by atoms with Crippen LogP contribution in [-0.4, -0.2) is 10.8 Å². The molecule has 0 aliphatic heterocycles. The van der Waals surface area contributed by atoms with Crippen molar-refractivity contribution in [3.63, 3.8) is 0 Å². The highest BCUT2D eigenvalue weighted by atomic mass is 32.1. The molecule has 2 aliphatic carbocycles. The maximum Gasteiger partial charge on any atom is 0.198 e. The number of hydrogen-bond acceptors (Lipinski definition) is 3. The molecule has 0 saturated heterocycles. The van der Waals surface area contributed by atoms with Gasteiger partial charge < -0.3 is 4.74 Å². The molecule has 0 radical (unpaired) electrons. The maximum absolute atomic E-state index is 11.5. The Morgan fingerprint density at radius 1 is 0.839 bits per heavy atom. The molecule has 2 saturated carbocycles. The SMILES string of the molecule is CCCC1CCC(c2ccc(C(=S)Oc3ccc(C4CCC(=O)CC4)cc3)cc2)CC1. The Hall–Kier alpha value is -2.00. The summed E-state index contributed by atoms with van der Waals surface area (Å²) in [5, 5.41) is 0.522. The first-order valence-electron chi connectivity index (χ1n) is 12.1. The Bertz CT molecular complexity index is 866. The molecule has 2 fully saturated rings. The van der Waals surface area contributed by atoms with E-state index in [2.05, 4.69) is 43.3 Å². The van der Waals surface area contributed by atoms with Gasteiger partial charge in [-0.3, -0.25) is 4.79 Å². The van der Waals surface area contributed by atoms with E-state index in [0.717, 1.165) is 30.1 Å². The van der Waals surface area contributed by atoms with Gasteiger partial charge in [-0.1, -0.05) is 56.2 Å². The summed E-state index contributed by atoms with van der Waals surface area (Å²) in [6, 6.07) is 17.0. The molecular weight excluding hydrogens is 400 g/mol. The molecule has 2 aliphatic rings. The van der Waals surface area contributed by atoms with Gasteiger partial charge in [0, 0.05) is 18.4 Å². The second-order valence-corrected chi connectivity index (χ2v) is 9.77. The summed E-state index contributed by atoms with van der Waals surface area (Å²) in [5.41, 5.74) is 3.70. The first-order chi connectivity index (χ1) is 15.1. The molecule has 0 spiro atoms. The van der Waals surface area contributed by atoms with Crippen molar-refractivity contribution in [2.45, 2.75) is 83.0 Å². The van der Waals surface area contributed by atoms with Gasteiger partial charge in [0.25, 0.3) is 0 Å². The highest BCUT2D eigenvalue weighted by Crippen LogP contribution is 2.37. The topological polar surface area (TPSA) is 26.3 Å². The van der Waals surface area contributed by atoms with Crippen molar-refractivity contribution in [3.8, 4) is 5.75 Å². The number of rotatable bonds is 6. The van der Waals surface area contributed by atoms with Crippen molar-refractivity contribution in [1.29, 1.82) is 0 Å². The van der Waals surface area contributed by atoms with Crippen LogP contribution in [-0.2, 0) is 4.79 Å². The van der Waals surface area contributed by atoms with Gasteiger partial charge in [0.1, 0.15) is 11.5 Å². The standard InChI is InChI=1S/C28H34O2S/c1-2-3-20-4-6-21(7-5-20)22-8-10-25(11-9-22)28(31)30-27-18-14-24(15-19-27)23-12-16-26(29)17-13-23/h8-11,14-15,18-21,23H,2-7,12-13,16-17H2,1H3. The average Bonchev–Trinajstić information content (AvgIpc) is 2.81. The minimum Gasteiger partial charge on any atom is -0.445 e. The lowest BCUT2D eigenvalue weighted by Crippen LogP contribution is -2.13. The van der Waals surface area contributed by atoms with E-state index >= 15 is 0 Å². The van der Waals surface area contributed by atoms with Gasteiger partial charge >= 0.3 is 0 Å². The van der Waals surface area contributed by atoms with Crippen LogP contribution in [0.5, 0.6) is 5.75 Å². The minimum atomic E-state index is 0.400. The highest BCUT2D eigenvalue weighted by Gasteiger charge is 2.22. The first kappa shape index (κ1) is 22.2. The number of Topliss-reactive ketones (excluding diaryl/α,β-unsaturated/α-hetero) is 1. The molecule has 4 rings (SSSR count). The molecule has 3 heteroatoms. The van der Waals surface area contributed by atoms with E-state index in [4.69, 9.17) is 17.0 Å².